The predicted octanol–water partition coefficient (Wildman–Crippen LogP) is 4.67. The number of aryl methyl sites for hydroxylation is 1. The summed E-state index contributed by atoms with van der Waals surface area (Å²) in [5.41, 5.74) is 4.13. The molecule has 0 fully saturated rings. The molecule has 0 saturated heterocycles. The zero-order valence-corrected chi connectivity index (χ0v) is 23.7. The van der Waals surface area contributed by atoms with Crippen LogP contribution in [-0.4, -0.2) is 50.2 Å². The van der Waals surface area contributed by atoms with E-state index in [-0.39, 0.29) is 29.8 Å². The van der Waals surface area contributed by atoms with E-state index in [4.69, 9.17) is 9.84 Å². The summed E-state index contributed by atoms with van der Waals surface area (Å²) in [6.45, 7) is 2.13. The third-order valence-electron chi connectivity index (χ3n) is 6.79. The molecule has 11 heteroatoms. The van der Waals surface area contributed by atoms with Gasteiger partial charge in [0.25, 0.3) is 11.8 Å². The van der Waals surface area contributed by atoms with Gasteiger partial charge in [-0.05, 0) is 60.5 Å². The van der Waals surface area contributed by atoms with Crippen molar-refractivity contribution in [3.8, 4) is 5.75 Å². The average molecular weight is 573 g/mol. The van der Waals surface area contributed by atoms with Crippen LogP contribution in [0.4, 0.5) is 4.39 Å². The average Bonchev–Trinajstić information content (AvgIpc) is 3.59. The number of halogens is 1. The molecule has 2 amide bonds. The van der Waals surface area contributed by atoms with Crippen molar-refractivity contribution in [2.24, 2.45) is 12.1 Å². The van der Waals surface area contributed by atoms with Crippen LogP contribution in [0.15, 0.2) is 83.1 Å². The van der Waals surface area contributed by atoms with Crippen molar-refractivity contribution in [3.63, 3.8) is 0 Å². The van der Waals surface area contributed by atoms with E-state index in [9.17, 15) is 14.0 Å². The molecule has 210 valence electrons. The van der Waals surface area contributed by atoms with E-state index in [1.54, 1.807) is 23.7 Å². The highest BCUT2D eigenvalue weighted by Crippen LogP contribution is 2.34. The number of carbonyl (C=O) groups excluding carboxylic acids is 2. The topological polar surface area (TPSA) is 102 Å². The zero-order valence-electron chi connectivity index (χ0n) is 22.9. The fraction of sp³-hybridized carbons (Fsp3) is 0.233. The molecule has 0 bridgehead atoms. The van der Waals surface area contributed by atoms with Crippen molar-refractivity contribution in [2.75, 3.05) is 12.9 Å². The summed E-state index contributed by atoms with van der Waals surface area (Å²) in [4.78, 5) is 25.9. The number of hydrogen-bond donors (Lipinski definition) is 1. The number of methoxy groups -OCH3 is 1. The van der Waals surface area contributed by atoms with Crippen molar-refractivity contribution in [2.45, 2.75) is 31.1 Å². The number of thioether (sulfide) groups is 1. The number of hydrazone groups is 1. The summed E-state index contributed by atoms with van der Waals surface area (Å²) in [5.74, 6) is 0.296. The molecule has 0 unspecified atom stereocenters. The third kappa shape index (κ3) is 6.46. The van der Waals surface area contributed by atoms with Gasteiger partial charge in [-0.1, -0.05) is 47.7 Å². The number of aromatic nitrogens is 3. The fourth-order valence-electron chi connectivity index (χ4n) is 4.45. The fourth-order valence-corrected chi connectivity index (χ4v) is 5.24. The molecular weight excluding hydrogens is 543 g/mol. The quantitative estimate of drug-likeness (QED) is 0.293. The normalized spacial score (nSPS) is 14.6. The highest BCUT2D eigenvalue weighted by atomic mass is 32.2. The van der Waals surface area contributed by atoms with E-state index in [1.807, 2.05) is 55.5 Å². The molecular formula is C30H29FN6O3S. The molecule has 4 aromatic rings. The lowest BCUT2D eigenvalue weighted by molar-refractivity contribution is -0.130. The molecule has 0 spiro atoms. The highest BCUT2D eigenvalue weighted by molar-refractivity contribution is 7.99. The summed E-state index contributed by atoms with van der Waals surface area (Å²) in [6.07, 6.45) is 0.588. The van der Waals surface area contributed by atoms with E-state index >= 15 is 0 Å². The Hall–Kier alpha value is -4.51. The van der Waals surface area contributed by atoms with Crippen molar-refractivity contribution >= 4 is 29.3 Å². The van der Waals surface area contributed by atoms with Gasteiger partial charge in [-0.25, -0.2) is 9.40 Å². The molecule has 3 aromatic carbocycles. The molecule has 1 aliphatic heterocycles. The Labute approximate surface area is 241 Å². The maximum absolute atomic E-state index is 13.5. The van der Waals surface area contributed by atoms with Gasteiger partial charge in [0.1, 0.15) is 11.6 Å². The lowest BCUT2D eigenvalue weighted by Gasteiger charge is -2.22. The standard InChI is InChI=1S/C30H29FN6O3S/c1-19-7-9-21(10-8-19)26-16-25(20-11-13-24(40-3)14-12-20)35-37(26)28(38)18-41-30-34-33-27(36(30)2)17-32-29(39)22-5-4-6-23(31)15-22/h4-15,26H,16-18H2,1-3H3,(H,32,39)/t26-/m1/s1. The van der Waals surface area contributed by atoms with E-state index in [1.165, 1.54) is 36.0 Å². The first-order valence-electron chi connectivity index (χ1n) is 13.0. The van der Waals surface area contributed by atoms with E-state index in [0.29, 0.717) is 17.4 Å². The number of nitrogens with zero attached hydrogens (tertiary/aromatic N) is 5. The molecule has 5 rings (SSSR count). The summed E-state index contributed by atoms with van der Waals surface area (Å²) < 4.78 is 20.4. The van der Waals surface area contributed by atoms with Crippen LogP contribution in [-0.2, 0) is 18.4 Å². The Morgan fingerprint density at radius 1 is 1.07 bits per heavy atom. The summed E-state index contributed by atoms with van der Waals surface area (Å²) in [7, 11) is 3.39. The van der Waals surface area contributed by atoms with Gasteiger partial charge in [0, 0.05) is 19.0 Å². The predicted molar refractivity (Wildman–Crippen MR) is 154 cm³/mol. The molecule has 1 aromatic heterocycles. The largest absolute Gasteiger partial charge is 0.497 e. The summed E-state index contributed by atoms with van der Waals surface area (Å²) in [5, 5.41) is 17.9. The number of benzene rings is 3. The monoisotopic (exact) mass is 572 g/mol. The van der Waals surface area contributed by atoms with Crippen LogP contribution in [0.2, 0.25) is 0 Å². The van der Waals surface area contributed by atoms with Crippen LogP contribution in [0.25, 0.3) is 0 Å². The van der Waals surface area contributed by atoms with E-state index in [0.717, 1.165) is 28.2 Å². The smallest absolute Gasteiger partial charge is 0.253 e. The van der Waals surface area contributed by atoms with Gasteiger partial charge >= 0.3 is 0 Å². The van der Waals surface area contributed by atoms with Crippen LogP contribution < -0.4 is 10.1 Å². The van der Waals surface area contributed by atoms with Crippen LogP contribution >= 0.6 is 11.8 Å². The lowest BCUT2D eigenvalue weighted by atomic mass is 9.97. The molecule has 1 N–H and O–H groups in total. The lowest BCUT2D eigenvalue weighted by Crippen LogP contribution is -2.28. The maximum atomic E-state index is 13.5. The van der Waals surface area contributed by atoms with Gasteiger partial charge < -0.3 is 14.6 Å². The SMILES string of the molecule is COc1ccc(C2=NN(C(=O)CSc3nnc(CNC(=O)c4cccc(F)c4)n3C)[C@@H](c3ccc(C)cc3)C2)cc1. The second-order valence-corrected chi connectivity index (χ2v) is 10.5. The third-order valence-corrected chi connectivity index (χ3v) is 7.80. The van der Waals surface area contributed by atoms with Gasteiger partial charge in [-0.2, -0.15) is 5.10 Å². The number of hydrogen-bond acceptors (Lipinski definition) is 7. The molecule has 9 nitrogen and oxygen atoms in total. The summed E-state index contributed by atoms with van der Waals surface area (Å²) in [6, 6.07) is 21.0. The first-order valence-corrected chi connectivity index (χ1v) is 14.0. The Balaban J connectivity index is 1.27. The Morgan fingerprint density at radius 3 is 2.54 bits per heavy atom. The molecule has 41 heavy (non-hydrogen) atoms. The Bertz CT molecular complexity index is 1590. The molecule has 1 atom stereocenters. The first kappa shape index (κ1) is 28.0. The number of carbonyl (C=O) groups is 2. The highest BCUT2D eigenvalue weighted by Gasteiger charge is 2.33. The maximum Gasteiger partial charge on any atom is 0.253 e. The molecule has 0 aliphatic carbocycles. The van der Waals surface area contributed by atoms with Crippen molar-refractivity contribution < 1.29 is 18.7 Å². The number of rotatable bonds is 9. The van der Waals surface area contributed by atoms with Gasteiger partial charge in [-0.3, -0.25) is 9.59 Å². The number of ether oxygens (including phenoxy) is 1. The van der Waals surface area contributed by atoms with Gasteiger partial charge in [0.15, 0.2) is 11.0 Å². The van der Waals surface area contributed by atoms with Crippen LogP contribution in [0.5, 0.6) is 5.75 Å². The van der Waals surface area contributed by atoms with Gasteiger partial charge in [0.2, 0.25) is 0 Å². The van der Waals surface area contributed by atoms with Crippen molar-refractivity contribution in [1.82, 2.24) is 25.1 Å². The molecule has 0 radical (unpaired) electrons. The molecule has 2 heterocycles. The van der Waals surface area contributed by atoms with Gasteiger partial charge in [0.05, 0.1) is 31.2 Å². The first-order chi connectivity index (χ1) is 19.8. The second-order valence-electron chi connectivity index (χ2n) is 9.58. The van der Waals surface area contributed by atoms with Crippen LogP contribution in [0.1, 0.15) is 45.3 Å². The Kier molecular flexibility index (Phi) is 8.44. The minimum atomic E-state index is -0.484. The van der Waals surface area contributed by atoms with Crippen LogP contribution in [0, 0.1) is 12.7 Å². The molecule has 1 aliphatic rings. The van der Waals surface area contributed by atoms with Crippen molar-refractivity contribution in [3.05, 3.63) is 107 Å². The van der Waals surface area contributed by atoms with Crippen LogP contribution in [0.3, 0.4) is 0 Å². The minimum Gasteiger partial charge on any atom is -0.497 e. The van der Waals surface area contributed by atoms with E-state index < -0.39 is 11.7 Å². The van der Waals surface area contributed by atoms with E-state index in [2.05, 4.69) is 15.5 Å². The second kappa shape index (κ2) is 12.3. The zero-order chi connectivity index (χ0) is 28.9. The number of amides is 2. The summed E-state index contributed by atoms with van der Waals surface area (Å²) >= 11 is 1.25. The Morgan fingerprint density at radius 2 is 1.83 bits per heavy atom. The number of nitrogens with one attached hydrogen (secondary N) is 1. The van der Waals surface area contributed by atoms with Gasteiger partial charge in [-0.15, -0.1) is 10.2 Å². The minimum absolute atomic E-state index is 0.101. The van der Waals surface area contributed by atoms with Crippen molar-refractivity contribution in [1.29, 1.82) is 0 Å². The molecule has 0 saturated carbocycles.